The summed E-state index contributed by atoms with van der Waals surface area (Å²) in [4.78, 5) is 14.3. The van der Waals surface area contributed by atoms with Crippen LogP contribution in [0.3, 0.4) is 0 Å². The maximum Gasteiger partial charge on any atom is 0.255 e. The third kappa shape index (κ3) is 2.84. The van der Waals surface area contributed by atoms with Gasteiger partial charge < -0.3 is 15.0 Å². The first-order valence-electron chi connectivity index (χ1n) is 5.98. The second-order valence-corrected chi connectivity index (χ2v) is 5.31. The average molecular weight is 313 g/mol. The molecular formula is C13H17BrN2O2. The standard InChI is InChI=1S/C13H17BrN2O2/c1-9-8-16(6-5-15-9)13(17)11-7-10(18-2)3-4-12(11)14/h3-4,7,9,15H,5-6,8H2,1-2H3/t9-/m1/s1. The summed E-state index contributed by atoms with van der Waals surface area (Å²) in [6, 6.07) is 5.80. The number of halogens is 1. The third-order valence-electron chi connectivity index (χ3n) is 3.06. The lowest BCUT2D eigenvalue weighted by atomic mass is 10.1. The summed E-state index contributed by atoms with van der Waals surface area (Å²) in [6.07, 6.45) is 0. The fraction of sp³-hybridized carbons (Fsp3) is 0.462. The van der Waals surface area contributed by atoms with Crippen LogP contribution in [0.15, 0.2) is 22.7 Å². The molecule has 1 atom stereocenters. The van der Waals surface area contributed by atoms with Crippen molar-refractivity contribution in [2.75, 3.05) is 26.7 Å². The van der Waals surface area contributed by atoms with Gasteiger partial charge in [0.15, 0.2) is 0 Å². The van der Waals surface area contributed by atoms with Gasteiger partial charge in [-0.2, -0.15) is 0 Å². The lowest BCUT2D eigenvalue weighted by molar-refractivity contribution is 0.0708. The van der Waals surface area contributed by atoms with E-state index in [1.807, 2.05) is 17.0 Å². The quantitative estimate of drug-likeness (QED) is 0.907. The lowest BCUT2D eigenvalue weighted by Gasteiger charge is -2.32. The molecule has 0 spiro atoms. The second-order valence-electron chi connectivity index (χ2n) is 4.45. The van der Waals surface area contributed by atoms with Crippen molar-refractivity contribution in [3.05, 3.63) is 28.2 Å². The van der Waals surface area contributed by atoms with Crippen molar-refractivity contribution < 1.29 is 9.53 Å². The molecule has 1 aliphatic rings. The van der Waals surface area contributed by atoms with E-state index in [9.17, 15) is 4.79 Å². The van der Waals surface area contributed by atoms with E-state index in [-0.39, 0.29) is 5.91 Å². The molecule has 0 radical (unpaired) electrons. The highest BCUT2D eigenvalue weighted by molar-refractivity contribution is 9.10. The van der Waals surface area contributed by atoms with Gasteiger partial charge in [-0.05, 0) is 41.1 Å². The molecule has 1 fully saturated rings. The molecule has 0 unspecified atom stereocenters. The molecule has 18 heavy (non-hydrogen) atoms. The number of amides is 1. The Bertz CT molecular complexity index is 451. The molecule has 98 valence electrons. The Balaban J connectivity index is 2.22. The van der Waals surface area contributed by atoms with E-state index in [2.05, 4.69) is 28.2 Å². The normalized spacial score (nSPS) is 19.7. The number of carbonyl (C=O) groups excluding carboxylic acids is 1. The molecule has 4 nitrogen and oxygen atoms in total. The van der Waals surface area contributed by atoms with Gasteiger partial charge in [0, 0.05) is 30.1 Å². The van der Waals surface area contributed by atoms with Crippen LogP contribution in [0.2, 0.25) is 0 Å². The Hall–Kier alpha value is -1.07. The van der Waals surface area contributed by atoms with Crippen LogP contribution >= 0.6 is 15.9 Å². The van der Waals surface area contributed by atoms with Crippen LogP contribution in [0.25, 0.3) is 0 Å². The lowest BCUT2D eigenvalue weighted by Crippen LogP contribution is -2.51. The monoisotopic (exact) mass is 312 g/mol. The zero-order valence-electron chi connectivity index (χ0n) is 10.6. The van der Waals surface area contributed by atoms with Crippen molar-refractivity contribution in [2.24, 2.45) is 0 Å². The summed E-state index contributed by atoms with van der Waals surface area (Å²) in [5.41, 5.74) is 0.656. The number of ether oxygens (including phenoxy) is 1. The van der Waals surface area contributed by atoms with Gasteiger partial charge in [0.2, 0.25) is 0 Å². The molecule has 1 amide bonds. The minimum absolute atomic E-state index is 0.0501. The van der Waals surface area contributed by atoms with Crippen molar-refractivity contribution in [1.82, 2.24) is 10.2 Å². The minimum Gasteiger partial charge on any atom is -0.497 e. The number of nitrogens with one attached hydrogen (secondary N) is 1. The first-order valence-corrected chi connectivity index (χ1v) is 6.77. The summed E-state index contributed by atoms with van der Waals surface area (Å²) in [7, 11) is 1.60. The smallest absolute Gasteiger partial charge is 0.255 e. The van der Waals surface area contributed by atoms with Crippen LogP contribution in [0.4, 0.5) is 0 Å². The molecule has 1 aromatic carbocycles. The molecule has 2 rings (SSSR count). The molecule has 1 N–H and O–H groups in total. The fourth-order valence-corrected chi connectivity index (χ4v) is 2.50. The van der Waals surface area contributed by atoms with E-state index in [1.165, 1.54) is 0 Å². The average Bonchev–Trinajstić information content (AvgIpc) is 2.38. The SMILES string of the molecule is COc1ccc(Br)c(C(=O)N2CCN[C@H](C)C2)c1. The highest BCUT2D eigenvalue weighted by Gasteiger charge is 2.23. The van der Waals surface area contributed by atoms with Crippen LogP contribution in [0.1, 0.15) is 17.3 Å². The van der Waals surface area contributed by atoms with Crippen molar-refractivity contribution in [3.63, 3.8) is 0 Å². The number of hydrogen-bond donors (Lipinski definition) is 1. The summed E-state index contributed by atoms with van der Waals surface area (Å²) < 4.78 is 5.97. The highest BCUT2D eigenvalue weighted by atomic mass is 79.9. The van der Waals surface area contributed by atoms with Crippen molar-refractivity contribution in [1.29, 1.82) is 0 Å². The van der Waals surface area contributed by atoms with Gasteiger partial charge in [-0.1, -0.05) is 0 Å². The number of hydrogen-bond acceptors (Lipinski definition) is 3. The second kappa shape index (κ2) is 5.71. The Morgan fingerprint density at radius 2 is 2.33 bits per heavy atom. The summed E-state index contributed by atoms with van der Waals surface area (Å²) in [6.45, 7) is 4.41. The topological polar surface area (TPSA) is 41.6 Å². The fourth-order valence-electron chi connectivity index (χ4n) is 2.08. The van der Waals surface area contributed by atoms with Gasteiger partial charge in [0.25, 0.3) is 5.91 Å². The summed E-state index contributed by atoms with van der Waals surface area (Å²) in [5, 5.41) is 3.33. The Morgan fingerprint density at radius 1 is 1.56 bits per heavy atom. The van der Waals surface area contributed by atoms with E-state index in [1.54, 1.807) is 13.2 Å². The van der Waals surface area contributed by atoms with Gasteiger partial charge >= 0.3 is 0 Å². The first kappa shape index (κ1) is 13.4. The number of methoxy groups -OCH3 is 1. The van der Waals surface area contributed by atoms with E-state index in [4.69, 9.17) is 4.74 Å². The maximum absolute atomic E-state index is 12.4. The van der Waals surface area contributed by atoms with Crippen LogP contribution < -0.4 is 10.1 Å². The van der Waals surface area contributed by atoms with Crippen LogP contribution in [-0.4, -0.2) is 43.6 Å². The molecule has 1 heterocycles. The molecule has 0 aromatic heterocycles. The van der Waals surface area contributed by atoms with Gasteiger partial charge in [-0.3, -0.25) is 4.79 Å². The van der Waals surface area contributed by atoms with Gasteiger partial charge in [-0.15, -0.1) is 0 Å². The van der Waals surface area contributed by atoms with Gasteiger partial charge in [0.1, 0.15) is 5.75 Å². The molecule has 1 aromatic rings. The van der Waals surface area contributed by atoms with E-state index < -0.39 is 0 Å². The summed E-state index contributed by atoms with van der Waals surface area (Å²) in [5.74, 6) is 0.749. The molecule has 0 saturated carbocycles. The third-order valence-corrected chi connectivity index (χ3v) is 3.75. The van der Waals surface area contributed by atoms with Gasteiger partial charge in [0.05, 0.1) is 12.7 Å². The predicted octanol–water partition coefficient (Wildman–Crippen LogP) is 1.89. The molecule has 1 saturated heterocycles. The van der Waals surface area contributed by atoms with Crippen molar-refractivity contribution >= 4 is 21.8 Å². The molecular weight excluding hydrogens is 296 g/mol. The molecule has 5 heteroatoms. The number of carbonyl (C=O) groups is 1. The largest absolute Gasteiger partial charge is 0.497 e. The van der Waals surface area contributed by atoms with E-state index in [0.29, 0.717) is 17.4 Å². The number of nitrogens with zero attached hydrogens (tertiary/aromatic N) is 1. The highest BCUT2D eigenvalue weighted by Crippen LogP contribution is 2.24. The van der Waals surface area contributed by atoms with E-state index >= 15 is 0 Å². The summed E-state index contributed by atoms with van der Waals surface area (Å²) >= 11 is 3.42. The van der Waals surface area contributed by atoms with Crippen LogP contribution in [0, 0.1) is 0 Å². The number of benzene rings is 1. The van der Waals surface area contributed by atoms with Crippen molar-refractivity contribution in [3.8, 4) is 5.75 Å². The van der Waals surface area contributed by atoms with Gasteiger partial charge in [-0.25, -0.2) is 0 Å². The van der Waals surface area contributed by atoms with Crippen molar-refractivity contribution in [2.45, 2.75) is 13.0 Å². The maximum atomic E-state index is 12.4. The molecule has 1 aliphatic heterocycles. The minimum atomic E-state index is 0.0501. The van der Waals surface area contributed by atoms with E-state index in [0.717, 1.165) is 24.1 Å². The zero-order chi connectivity index (χ0) is 13.1. The predicted molar refractivity (Wildman–Crippen MR) is 74.1 cm³/mol. The molecule has 0 bridgehead atoms. The molecule has 0 aliphatic carbocycles. The van der Waals surface area contributed by atoms with Crippen LogP contribution in [-0.2, 0) is 0 Å². The Labute approximate surface area is 115 Å². The number of piperazine rings is 1. The Morgan fingerprint density at radius 3 is 3.00 bits per heavy atom. The van der Waals surface area contributed by atoms with Crippen LogP contribution in [0.5, 0.6) is 5.75 Å². The zero-order valence-corrected chi connectivity index (χ0v) is 12.2. The number of rotatable bonds is 2. The first-order chi connectivity index (χ1) is 8.61. The Kier molecular flexibility index (Phi) is 4.24.